The maximum atomic E-state index is 11.5. The molecule has 0 unspecified atom stereocenters. The number of esters is 1. The maximum Gasteiger partial charge on any atom is 0.309 e. The van der Waals surface area contributed by atoms with Gasteiger partial charge in [-0.3, -0.25) is 4.79 Å². The number of rotatable bonds is 7. The molecular weight excluding hydrogens is 214 g/mol. The molecule has 0 saturated carbocycles. The molecule has 100 valence electrons. The van der Waals surface area contributed by atoms with Crippen molar-refractivity contribution in [3.05, 3.63) is 0 Å². The van der Waals surface area contributed by atoms with Gasteiger partial charge in [-0.1, -0.05) is 32.6 Å². The molecular formula is C14H27NO2. The van der Waals surface area contributed by atoms with Crippen molar-refractivity contribution in [1.82, 2.24) is 4.90 Å². The second-order valence-corrected chi connectivity index (χ2v) is 5.08. The average Bonchev–Trinajstić information content (AvgIpc) is 2.38. The summed E-state index contributed by atoms with van der Waals surface area (Å²) in [5, 5.41) is 0. The van der Waals surface area contributed by atoms with Gasteiger partial charge in [0.2, 0.25) is 0 Å². The molecule has 3 nitrogen and oxygen atoms in total. The van der Waals surface area contributed by atoms with E-state index in [9.17, 15) is 4.79 Å². The smallest absolute Gasteiger partial charge is 0.309 e. The Morgan fingerprint density at radius 3 is 2.76 bits per heavy atom. The molecule has 0 aromatic carbocycles. The summed E-state index contributed by atoms with van der Waals surface area (Å²) in [5.74, 6) is 0.0880. The number of carbonyl (C=O) groups is 1. The van der Waals surface area contributed by atoms with E-state index in [0.29, 0.717) is 0 Å². The van der Waals surface area contributed by atoms with Crippen LogP contribution in [0.4, 0.5) is 0 Å². The highest BCUT2D eigenvalue weighted by Crippen LogP contribution is 2.18. The fourth-order valence-corrected chi connectivity index (χ4v) is 2.56. The molecule has 1 aliphatic heterocycles. The van der Waals surface area contributed by atoms with Gasteiger partial charge >= 0.3 is 5.97 Å². The highest BCUT2D eigenvalue weighted by molar-refractivity contribution is 5.72. The van der Waals surface area contributed by atoms with E-state index < -0.39 is 0 Å². The Hall–Kier alpha value is -0.570. The van der Waals surface area contributed by atoms with Gasteiger partial charge in [0.25, 0.3) is 0 Å². The van der Waals surface area contributed by atoms with Crippen LogP contribution in [-0.2, 0) is 9.53 Å². The minimum Gasteiger partial charge on any atom is -0.469 e. The summed E-state index contributed by atoms with van der Waals surface area (Å²) >= 11 is 0. The number of likely N-dealkylation sites (tertiary alicyclic amines) is 1. The minimum absolute atomic E-state index is 0.0271. The second kappa shape index (κ2) is 8.51. The Kier molecular flexibility index (Phi) is 7.25. The Balaban J connectivity index is 2.14. The first-order valence-electron chi connectivity index (χ1n) is 7.08. The van der Waals surface area contributed by atoms with Crippen molar-refractivity contribution in [1.29, 1.82) is 0 Å². The number of unbranched alkanes of at least 4 members (excludes halogenated alkanes) is 4. The van der Waals surface area contributed by atoms with Crippen LogP contribution in [0.25, 0.3) is 0 Å². The van der Waals surface area contributed by atoms with Crippen molar-refractivity contribution >= 4 is 5.97 Å². The van der Waals surface area contributed by atoms with E-state index in [4.69, 9.17) is 4.74 Å². The maximum absolute atomic E-state index is 11.5. The zero-order chi connectivity index (χ0) is 12.5. The van der Waals surface area contributed by atoms with E-state index in [1.165, 1.54) is 39.2 Å². The van der Waals surface area contributed by atoms with Crippen LogP contribution in [0.5, 0.6) is 0 Å². The molecule has 1 atom stereocenters. The Labute approximate surface area is 106 Å². The lowest BCUT2D eigenvalue weighted by molar-refractivity contribution is -0.147. The minimum atomic E-state index is -0.0271. The van der Waals surface area contributed by atoms with E-state index in [1.54, 1.807) is 0 Å². The van der Waals surface area contributed by atoms with Gasteiger partial charge < -0.3 is 9.64 Å². The average molecular weight is 241 g/mol. The lowest BCUT2D eigenvalue weighted by Gasteiger charge is -2.31. The summed E-state index contributed by atoms with van der Waals surface area (Å²) in [4.78, 5) is 13.9. The number of nitrogens with zero attached hydrogens (tertiary/aromatic N) is 1. The molecule has 1 heterocycles. The third-order valence-corrected chi connectivity index (χ3v) is 3.62. The quantitative estimate of drug-likeness (QED) is 0.507. The van der Waals surface area contributed by atoms with Crippen LogP contribution in [0.15, 0.2) is 0 Å². The molecule has 0 aromatic rings. The number of ether oxygens (including phenoxy) is 1. The highest BCUT2D eigenvalue weighted by atomic mass is 16.5. The molecule has 17 heavy (non-hydrogen) atoms. The molecule has 0 aliphatic carbocycles. The first kappa shape index (κ1) is 14.5. The predicted molar refractivity (Wildman–Crippen MR) is 69.9 cm³/mol. The fourth-order valence-electron chi connectivity index (χ4n) is 2.56. The predicted octanol–water partition coefficient (Wildman–Crippen LogP) is 2.84. The van der Waals surface area contributed by atoms with E-state index in [-0.39, 0.29) is 11.9 Å². The van der Waals surface area contributed by atoms with Gasteiger partial charge in [0.15, 0.2) is 0 Å². The molecule has 0 spiro atoms. The molecule has 0 radical (unpaired) electrons. The van der Waals surface area contributed by atoms with Crippen LogP contribution in [0.3, 0.4) is 0 Å². The lowest BCUT2D eigenvalue weighted by Crippen LogP contribution is -2.39. The SMILES string of the molecule is CCCCCCCN1CCC[C@H](C(=O)OC)C1. The van der Waals surface area contributed by atoms with Crippen LogP contribution in [0, 0.1) is 5.92 Å². The van der Waals surface area contributed by atoms with Crippen molar-refractivity contribution < 1.29 is 9.53 Å². The number of methoxy groups -OCH3 is 1. The Bertz CT molecular complexity index is 218. The van der Waals surface area contributed by atoms with E-state index in [1.807, 2.05) is 0 Å². The number of hydrogen-bond acceptors (Lipinski definition) is 3. The fraction of sp³-hybridized carbons (Fsp3) is 0.929. The first-order chi connectivity index (χ1) is 8.27. The summed E-state index contributed by atoms with van der Waals surface area (Å²) in [6.07, 6.45) is 8.73. The highest BCUT2D eigenvalue weighted by Gasteiger charge is 2.25. The monoisotopic (exact) mass is 241 g/mol. The van der Waals surface area contributed by atoms with Crippen molar-refractivity contribution in [2.45, 2.75) is 51.9 Å². The van der Waals surface area contributed by atoms with Gasteiger partial charge in [0, 0.05) is 6.54 Å². The molecule has 0 aromatic heterocycles. The summed E-state index contributed by atoms with van der Waals surface area (Å²) in [5.41, 5.74) is 0. The summed E-state index contributed by atoms with van der Waals surface area (Å²) in [6, 6.07) is 0. The van der Waals surface area contributed by atoms with Crippen molar-refractivity contribution in [3.63, 3.8) is 0 Å². The molecule has 0 N–H and O–H groups in total. The van der Waals surface area contributed by atoms with Crippen molar-refractivity contribution in [2.24, 2.45) is 5.92 Å². The largest absolute Gasteiger partial charge is 0.469 e. The van der Waals surface area contributed by atoms with E-state index >= 15 is 0 Å². The van der Waals surface area contributed by atoms with Crippen molar-refractivity contribution in [3.8, 4) is 0 Å². The van der Waals surface area contributed by atoms with Gasteiger partial charge in [0.05, 0.1) is 13.0 Å². The van der Waals surface area contributed by atoms with Gasteiger partial charge in [-0.05, 0) is 32.4 Å². The molecule has 3 heteroatoms. The molecule has 1 saturated heterocycles. The first-order valence-corrected chi connectivity index (χ1v) is 7.08. The number of hydrogen-bond donors (Lipinski definition) is 0. The third kappa shape index (κ3) is 5.53. The topological polar surface area (TPSA) is 29.5 Å². The van der Waals surface area contributed by atoms with Crippen LogP contribution < -0.4 is 0 Å². The Morgan fingerprint density at radius 2 is 2.06 bits per heavy atom. The van der Waals surface area contributed by atoms with Crippen LogP contribution in [-0.4, -0.2) is 37.6 Å². The second-order valence-electron chi connectivity index (χ2n) is 5.08. The lowest BCUT2D eigenvalue weighted by atomic mass is 9.98. The zero-order valence-electron chi connectivity index (χ0n) is 11.4. The summed E-state index contributed by atoms with van der Waals surface area (Å²) < 4.78 is 4.83. The van der Waals surface area contributed by atoms with Crippen LogP contribution >= 0.6 is 0 Å². The molecule has 0 bridgehead atoms. The van der Waals surface area contributed by atoms with E-state index in [2.05, 4.69) is 11.8 Å². The van der Waals surface area contributed by atoms with Crippen LogP contribution in [0.2, 0.25) is 0 Å². The van der Waals surface area contributed by atoms with Crippen molar-refractivity contribution in [2.75, 3.05) is 26.7 Å². The third-order valence-electron chi connectivity index (χ3n) is 3.62. The molecule has 1 aliphatic rings. The van der Waals surface area contributed by atoms with Gasteiger partial charge in [0.1, 0.15) is 0 Å². The molecule has 1 fully saturated rings. The summed E-state index contributed by atoms with van der Waals surface area (Å²) in [7, 11) is 1.49. The summed E-state index contributed by atoms with van der Waals surface area (Å²) in [6.45, 7) is 5.45. The zero-order valence-corrected chi connectivity index (χ0v) is 11.4. The standard InChI is InChI=1S/C14H27NO2/c1-3-4-5-6-7-10-15-11-8-9-13(12-15)14(16)17-2/h13H,3-12H2,1-2H3/t13-/m0/s1. The van der Waals surface area contributed by atoms with Gasteiger partial charge in [-0.2, -0.15) is 0 Å². The van der Waals surface area contributed by atoms with E-state index in [0.717, 1.165) is 32.5 Å². The molecule has 1 rings (SSSR count). The molecule has 0 amide bonds. The number of carbonyl (C=O) groups excluding carboxylic acids is 1. The van der Waals surface area contributed by atoms with Gasteiger partial charge in [-0.25, -0.2) is 0 Å². The Morgan fingerprint density at radius 1 is 1.29 bits per heavy atom. The normalized spacial score (nSPS) is 21.4. The van der Waals surface area contributed by atoms with Gasteiger partial charge in [-0.15, -0.1) is 0 Å². The van der Waals surface area contributed by atoms with Crippen LogP contribution in [0.1, 0.15) is 51.9 Å². The number of piperidine rings is 1.